The largest absolute Gasteiger partial charge is 0.506 e. The van der Waals surface area contributed by atoms with Crippen molar-refractivity contribution in [3.8, 4) is 5.75 Å². The summed E-state index contributed by atoms with van der Waals surface area (Å²) in [6.07, 6.45) is 1.43. The van der Waals surface area contributed by atoms with E-state index in [1.54, 1.807) is 35.6 Å². The van der Waals surface area contributed by atoms with Crippen LogP contribution in [0.15, 0.2) is 29.1 Å². The van der Waals surface area contributed by atoms with E-state index >= 15 is 0 Å². The lowest BCUT2D eigenvalue weighted by Crippen LogP contribution is -2.40. The Hall–Kier alpha value is -2.71. The average Bonchev–Trinajstić information content (AvgIpc) is 3.03. The maximum Gasteiger partial charge on any atom is 0.259 e. The van der Waals surface area contributed by atoms with Gasteiger partial charge in [-0.25, -0.2) is 4.98 Å². The summed E-state index contributed by atoms with van der Waals surface area (Å²) in [5.74, 6) is 0.568. The van der Waals surface area contributed by atoms with E-state index in [2.05, 4.69) is 15.2 Å². The number of aryl methyl sites for hydroxylation is 2. The molecule has 1 amide bonds. The number of nitrogens with one attached hydrogen (secondary N) is 2. The number of piperidine rings is 1. The predicted octanol–water partition coefficient (Wildman–Crippen LogP) is 3.72. The van der Waals surface area contributed by atoms with Gasteiger partial charge in [-0.1, -0.05) is 12.1 Å². The number of carbonyl (C=O) groups excluding carboxylic acids is 1. The first-order valence-electron chi connectivity index (χ1n) is 10.2. The molecule has 1 fully saturated rings. The molecule has 3 aromatic rings. The molecule has 0 unspecified atom stereocenters. The van der Waals surface area contributed by atoms with Crippen LogP contribution in [0, 0.1) is 19.8 Å². The molecule has 8 heteroatoms. The van der Waals surface area contributed by atoms with Crippen molar-refractivity contribution in [3.63, 3.8) is 0 Å². The summed E-state index contributed by atoms with van der Waals surface area (Å²) in [5, 5.41) is 13.4. The number of anilines is 1. The molecule has 1 aromatic carbocycles. The van der Waals surface area contributed by atoms with Gasteiger partial charge < -0.3 is 15.4 Å². The molecular formula is C22H26N4O3S. The highest BCUT2D eigenvalue weighted by atomic mass is 32.1. The van der Waals surface area contributed by atoms with Crippen LogP contribution in [0.4, 0.5) is 5.69 Å². The average molecular weight is 427 g/mol. The molecule has 158 valence electrons. The third-order valence-corrected chi connectivity index (χ3v) is 7.16. The van der Waals surface area contributed by atoms with Crippen molar-refractivity contribution in [2.75, 3.05) is 18.4 Å². The fourth-order valence-electron chi connectivity index (χ4n) is 4.01. The Kier molecular flexibility index (Phi) is 5.62. The van der Waals surface area contributed by atoms with Gasteiger partial charge in [0, 0.05) is 10.8 Å². The molecule has 3 heterocycles. The van der Waals surface area contributed by atoms with Crippen molar-refractivity contribution in [3.05, 3.63) is 50.9 Å². The van der Waals surface area contributed by atoms with Gasteiger partial charge >= 0.3 is 0 Å². The second-order valence-electron chi connectivity index (χ2n) is 7.91. The molecule has 30 heavy (non-hydrogen) atoms. The summed E-state index contributed by atoms with van der Waals surface area (Å²) < 4.78 is 0. The SMILES string of the molecule is Cc1sc2nc([C@@H](C)N3CCC(C(=O)Nc4ccccc4O)CC3)[nH]c(=O)c2c1C. The van der Waals surface area contributed by atoms with Crippen molar-refractivity contribution < 1.29 is 9.90 Å². The number of hydrogen-bond acceptors (Lipinski definition) is 6. The minimum Gasteiger partial charge on any atom is -0.506 e. The minimum atomic E-state index is -0.106. The number of fused-ring (bicyclic) bond motifs is 1. The molecule has 3 N–H and O–H groups in total. The van der Waals surface area contributed by atoms with Gasteiger partial charge in [0.25, 0.3) is 5.56 Å². The Morgan fingerprint density at radius 3 is 2.70 bits per heavy atom. The van der Waals surface area contributed by atoms with Gasteiger partial charge in [-0.05, 0) is 64.4 Å². The lowest BCUT2D eigenvalue weighted by molar-refractivity contribution is -0.121. The summed E-state index contributed by atoms with van der Waals surface area (Å²) in [7, 11) is 0. The molecule has 1 aliphatic heterocycles. The quantitative estimate of drug-likeness (QED) is 0.553. The molecule has 0 radical (unpaired) electrons. The fraction of sp³-hybridized carbons (Fsp3) is 0.409. The van der Waals surface area contributed by atoms with E-state index in [1.165, 1.54) is 0 Å². The first kappa shape index (κ1) is 20.6. The Labute approximate surface area is 178 Å². The number of benzene rings is 1. The normalized spacial score (nSPS) is 16.6. The maximum atomic E-state index is 12.6. The Bertz CT molecular complexity index is 1140. The maximum absolute atomic E-state index is 12.6. The van der Waals surface area contributed by atoms with Crippen LogP contribution >= 0.6 is 11.3 Å². The van der Waals surface area contributed by atoms with Crippen LogP contribution < -0.4 is 10.9 Å². The Balaban J connectivity index is 1.42. The van der Waals surface area contributed by atoms with Gasteiger partial charge in [0.15, 0.2) is 0 Å². The van der Waals surface area contributed by atoms with E-state index in [4.69, 9.17) is 4.98 Å². The highest BCUT2D eigenvalue weighted by Crippen LogP contribution is 2.30. The van der Waals surface area contributed by atoms with Gasteiger partial charge in [0.1, 0.15) is 16.4 Å². The summed E-state index contributed by atoms with van der Waals surface area (Å²) in [6.45, 7) is 7.49. The fourth-order valence-corrected chi connectivity index (χ4v) is 5.04. The van der Waals surface area contributed by atoms with Gasteiger partial charge in [-0.15, -0.1) is 11.3 Å². The summed E-state index contributed by atoms with van der Waals surface area (Å²) in [5.41, 5.74) is 1.36. The van der Waals surface area contributed by atoms with Gasteiger partial charge in [0.2, 0.25) is 5.91 Å². The van der Waals surface area contributed by atoms with Crippen LogP contribution in [0.25, 0.3) is 10.2 Å². The number of aromatic hydroxyl groups is 1. The zero-order valence-electron chi connectivity index (χ0n) is 17.4. The van der Waals surface area contributed by atoms with Gasteiger partial charge in [-0.2, -0.15) is 0 Å². The molecule has 7 nitrogen and oxygen atoms in total. The topological polar surface area (TPSA) is 98.3 Å². The van der Waals surface area contributed by atoms with Gasteiger partial charge in [-0.3, -0.25) is 14.5 Å². The van der Waals surface area contributed by atoms with Crippen molar-refractivity contribution >= 4 is 33.1 Å². The number of nitrogens with zero attached hydrogens (tertiary/aromatic N) is 2. The Morgan fingerprint density at radius 2 is 2.00 bits per heavy atom. The molecule has 4 rings (SSSR count). The highest BCUT2D eigenvalue weighted by Gasteiger charge is 2.29. The van der Waals surface area contributed by atoms with Crippen LogP contribution in [0.5, 0.6) is 5.75 Å². The summed E-state index contributed by atoms with van der Waals surface area (Å²) >= 11 is 1.55. The van der Waals surface area contributed by atoms with Crippen LogP contribution in [0.3, 0.4) is 0 Å². The van der Waals surface area contributed by atoms with Crippen molar-refractivity contribution in [2.45, 2.75) is 39.7 Å². The number of likely N-dealkylation sites (tertiary alicyclic amines) is 1. The second-order valence-corrected chi connectivity index (χ2v) is 9.11. The van der Waals surface area contributed by atoms with Crippen molar-refractivity contribution in [2.24, 2.45) is 5.92 Å². The van der Waals surface area contributed by atoms with E-state index in [-0.39, 0.29) is 29.2 Å². The molecule has 1 aliphatic rings. The highest BCUT2D eigenvalue weighted by molar-refractivity contribution is 7.18. The molecule has 0 saturated carbocycles. The van der Waals surface area contributed by atoms with Crippen molar-refractivity contribution in [1.82, 2.24) is 14.9 Å². The number of aromatic amines is 1. The molecule has 2 aromatic heterocycles. The van der Waals surface area contributed by atoms with Crippen LogP contribution in [0.2, 0.25) is 0 Å². The molecule has 0 aliphatic carbocycles. The number of para-hydroxylation sites is 2. The van der Waals surface area contributed by atoms with Crippen LogP contribution in [-0.4, -0.2) is 39.0 Å². The summed E-state index contributed by atoms with van der Waals surface area (Å²) in [4.78, 5) is 37.0. The Morgan fingerprint density at radius 1 is 1.30 bits per heavy atom. The minimum absolute atomic E-state index is 0.0352. The van der Waals surface area contributed by atoms with Crippen LogP contribution in [0.1, 0.15) is 42.1 Å². The number of aromatic nitrogens is 2. The molecular weight excluding hydrogens is 400 g/mol. The monoisotopic (exact) mass is 426 g/mol. The van der Waals surface area contributed by atoms with E-state index in [1.807, 2.05) is 20.8 Å². The first-order valence-corrected chi connectivity index (χ1v) is 11.0. The number of thiophene rings is 1. The van der Waals surface area contributed by atoms with E-state index in [9.17, 15) is 14.7 Å². The third kappa shape index (κ3) is 3.85. The van der Waals surface area contributed by atoms with E-state index in [0.717, 1.165) is 28.4 Å². The van der Waals surface area contributed by atoms with E-state index in [0.29, 0.717) is 29.7 Å². The van der Waals surface area contributed by atoms with Crippen LogP contribution in [-0.2, 0) is 4.79 Å². The molecule has 1 saturated heterocycles. The lowest BCUT2D eigenvalue weighted by Gasteiger charge is -2.35. The number of carbonyl (C=O) groups is 1. The standard InChI is InChI=1S/C22H26N4O3S/c1-12-14(3)30-22-18(12)21(29)24-19(25-22)13(2)26-10-8-15(9-11-26)20(28)23-16-6-4-5-7-17(16)27/h4-7,13,15,27H,8-11H2,1-3H3,(H,23,28)(H,24,25,29)/t13-/m1/s1. The molecule has 0 bridgehead atoms. The molecule has 1 atom stereocenters. The molecule has 0 spiro atoms. The number of H-pyrrole nitrogens is 1. The van der Waals surface area contributed by atoms with Gasteiger partial charge in [0.05, 0.1) is 17.1 Å². The summed E-state index contributed by atoms with van der Waals surface area (Å²) in [6, 6.07) is 6.71. The number of amides is 1. The second kappa shape index (κ2) is 8.20. The number of rotatable bonds is 4. The lowest BCUT2D eigenvalue weighted by atomic mass is 9.94. The number of hydrogen-bond donors (Lipinski definition) is 3. The number of phenols is 1. The van der Waals surface area contributed by atoms with Crippen molar-refractivity contribution in [1.29, 1.82) is 0 Å². The smallest absolute Gasteiger partial charge is 0.259 e. The zero-order chi connectivity index (χ0) is 21.4. The predicted molar refractivity (Wildman–Crippen MR) is 119 cm³/mol. The zero-order valence-corrected chi connectivity index (χ0v) is 18.2. The first-order chi connectivity index (χ1) is 14.3. The third-order valence-electron chi connectivity index (χ3n) is 6.06. The number of phenolic OH excluding ortho intramolecular Hbond substituents is 1. The van der Waals surface area contributed by atoms with E-state index < -0.39 is 0 Å².